The van der Waals surface area contributed by atoms with Gasteiger partial charge in [0.25, 0.3) is 0 Å². The molecule has 7 nitrogen and oxygen atoms in total. The van der Waals surface area contributed by atoms with Crippen LogP contribution in [-0.4, -0.2) is 29.3 Å². The molecule has 22 heavy (non-hydrogen) atoms. The van der Waals surface area contributed by atoms with E-state index in [0.717, 1.165) is 6.07 Å². The van der Waals surface area contributed by atoms with Gasteiger partial charge in [-0.3, -0.25) is 0 Å². The minimum atomic E-state index is -0.786. The third-order valence-corrected chi connectivity index (χ3v) is 2.92. The molecular formula is C15H14O7. The van der Waals surface area contributed by atoms with Crippen LogP contribution in [0.1, 0.15) is 32.2 Å². The van der Waals surface area contributed by atoms with Crippen molar-refractivity contribution in [3.8, 4) is 11.5 Å². The van der Waals surface area contributed by atoms with Crippen LogP contribution in [0.2, 0.25) is 0 Å². The van der Waals surface area contributed by atoms with Crippen LogP contribution in [0.4, 0.5) is 0 Å². The molecular weight excluding hydrogens is 292 g/mol. The van der Waals surface area contributed by atoms with Gasteiger partial charge < -0.3 is 24.1 Å². The second kappa shape index (κ2) is 6.21. The molecule has 2 rings (SSSR count). The van der Waals surface area contributed by atoms with Gasteiger partial charge in [-0.2, -0.15) is 0 Å². The Morgan fingerprint density at radius 1 is 1.14 bits per heavy atom. The molecule has 0 radical (unpaired) electrons. The number of ether oxygens (including phenoxy) is 2. The van der Waals surface area contributed by atoms with E-state index in [4.69, 9.17) is 14.3 Å². The first kappa shape index (κ1) is 15.4. The van der Waals surface area contributed by atoms with Crippen molar-refractivity contribution in [2.45, 2.75) is 13.5 Å². The number of benzene rings is 1. The molecule has 0 fully saturated rings. The lowest BCUT2D eigenvalue weighted by Gasteiger charge is -2.05. The normalized spacial score (nSPS) is 10.3. The zero-order valence-corrected chi connectivity index (χ0v) is 12.0. The third-order valence-electron chi connectivity index (χ3n) is 2.92. The van der Waals surface area contributed by atoms with E-state index in [0.29, 0.717) is 5.76 Å². The van der Waals surface area contributed by atoms with Gasteiger partial charge in [-0.05, 0) is 25.1 Å². The minimum absolute atomic E-state index is 0.0886. The molecule has 0 saturated heterocycles. The summed E-state index contributed by atoms with van der Waals surface area (Å²) in [6, 6.07) is 4.94. The number of furan rings is 1. The second-order valence-electron chi connectivity index (χ2n) is 4.45. The molecule has 0 saturated carbocycles. The Balaban J connectivity index is 2.07. The standard InChI is InChI=1S/C15H14O7/c1-8-12(14(18)20-2)6-10(22-8)7-21-15(19)11-4-3-9(16)5-13(11)17/h3-6,16-17H,7H2,1-2H3. The summed E-state index contributed by atoms with van der Waals surface area (Å²) in [6.45, 7) is 1.38. The van der Waals surface area contributed by atoms with Crippen molar-refractivity contribution in [3.05, 3.63) is 46.9 Å². The summed E-state index contributed by atoms with van der Waals surface area (Å²) in [7, 11) is 1.25. The van der Waals surface area contributed by atoms with E-state index in [-0.39, 0.29) is 29.2 Å². The average molecular weight is 306 g/mol. The van der Waals surface area contributed by atoms with Crippen molar-refractivity contribution >= 4 is 11.9 Å². The van der Waals surface area contributed by atoms with Gasteiger partial charge in [0.2, 0.25) is 0 Å². The molecule has 0 amide bonds. The number of phenolic OH excluding ortho intramolecular Hbond substituents is 2. The van der Waals surface area contributed by atoms with Gasteiger partial charge in [0, 0.05) is 6.07 Å². The summed E-state index contributed by atoms with van der Waals surface area (Å²) in [5.41, 5.74) is 0.162. The zero-order chi connectivity index (χ0) is 16.3. The molecule has 2 aromatic rings. The SMILES string of the molecule is COC(=O)c1cc(COC(=O)c2ccc(O)cc2O)oc1C. The summed E-state index contributed by atoms with van der Waals surface area (Å²) >= 11 is 0. The molecule has 1 aromatic heterocycles. The number of aromatic hydroxyl groups is 2. The third kappa shape index (κ3) is 3.20. The number of esters is 2. The van der Waals surface area contributed by atoms with Crippen LogP contribution < -0.4 is 0 Å². The summed E-state index contributed by atoms with van der Waals surface area (Å²) in [5.74, 6) is -1.27. The molecule has 0 bridgehead atoms. The van der Waals surface area contributed by atoms with Crippen LogP contribution in [0.15, 0.2) is 28.7 Å². The van der Waals surface area contributed by atoms with Crippen molar-refractivity contribution in [1.82, 2.24) is 0 Å². The van der Waals surface area contributed by atoms with E-state index in [1.807, 2.05) is 0 Å². The highest BCUT2D eigenvalue weighted by Gasteiger charge is 2.18. The fourth-order valence-corrected chi connectivity index (χ4v) is 1.83. The second-order valence-corrected chi connectivity index (χ2v) is 4.45. The van der Waals surface area contributed by atoms with Crippen LogP contribution in [-0.2, 0) is 16.1 Å². The van der Waals surface area contributed by atoms with Crippen LogP contribution >= 0.6 is 0 Å². The highest BCUT2D eigenvalue weighted by atomic mass is 16.5. The molecule has 0 unspecified atom stereocenters. The van der Waals surface area contributed by atoms with Crippen molar-refractivity contribution in [1.29, 1.82) is 0 Å². The smallest absolute Gasteiger partial charge is 0.342 e. The fraction of sp³-hybridized carbons (Fsp3) is 0.200. The molecule has 2 N–H and O–H groups in total. The number of methoxy groups -OCH3 is 1. The van der Waals surface area contributed by atoms with E-state index in [1.165, 1.54) is 25.3 Å². The summed E-state index contributed by atoms with van der Waals surface area (Å²) in [4.78, 5) is 23.3. The monoisotopic (exact) mass is 306 g/mol. The predicted molar refractivity (Wildman–Crippen MR) is 73.7 cm³/mol. The minimum Gasteiger partial charge on any atom is -0.508 e. The number of aryl methyl sites for hydroxylation is 1. The van der Waals surface area contributed by atoms with Crippen molar-refractivity contribution in [2.24, 2.45) is 0 Å². The van der Waals surface area contributed by atoms with Gasteiger partial charge in [-0.25, -0.2) is 9.59 Å². The van der Waals surface area contributed by atoms with Crippen LogP contribution in [0.25, 0.3) is 0 Å². The van der Waals surface area contributed by atoms with Crippen molar-refractivity contribution in [3.63, 3.8) is 0 Å². The van der Waals surface area contributed by atoms with Gasteiger partial charge in [0.05, 0.1) is 7.11 Å². The highest BCUT2D eigenvalue weighted by molar-refractivity contribution is 5.92. The number of phenols is 2. The molecule has 1 heterocycles. The van der Waals surface area contributed by atoms with E-state index in [1.54, 1.807) is 6.92 Å². The lowest BCUT2D eigenvalue weighted by molar-refractivity contribution is 0.0440. The Hall–Kier alpha value is -2.96. The van der Waals surface area contributed by atoms with Gasteiger partial charge in [0.15, 0.2) is 0 Å². The Morgan fingerprint density at radius 2 is 1.86 bits per heavy atom. The predicted octanol–water partition coefficient (Wildman–Crippen LogP) is 2.14. The van der Waals surface area contributed by atoms with Crippen LogP contribution in [0.5, 0.6) is 11.5 Å². The van der Waals surface area contributed by atoms with Gasteiger partial charge >= 0.3 is 11.9 Å². The first-order valence-electron chi connectivity index (χ1n) is 6.29. The summed E-state index contributed by atoms with van der Waals surface area (Å²) in [5, 5.41) is 18.7. The number of rotatable bonds is 4. The van der Waals surface area contributed by atoms with Crippen molar-refractivity contribution < 1.29 is 33.7 Å². The van der Waals surface area contributed by atoms with Gasteiger partial charge in [-0.1, -0.05) is 0 Å². The molecule has 116 valence electrons. The maximum Gasteiger partial charge on any atom is 0.342 e. The molecule has 1 aromatic carbocycles. The highest BCUT2D eigenvalue weighted by Crippen LogP contribution is 2.24. The first-order chi connectivity index (χ1) is 10.4. The Labute approximate surface area is 125 Å². The Bertz CT molecular complexity index is 715. The topological polar surface area (TPSA) is 106 Å². The Kier molecular flexibility index (Phi) is 4.36. The maximum atomic E-state index is 11.8. The number of carbonyl (C=O) groups is 2. The van der Waals surface area contributed by atoms with E-state index < -0.39 is 17.7 Å². The van der Waals surface area contributed by atoms with E-state index in [9.17, 15) is 14.7 Å². The van der Waals surface area contributed by atoms with E-state index >= 15 is 0 Å². The summed E-state index contributed by atoms with van der Waals surface area (Å²) < 4.78 is 14.9. The molecule has 0 aliphatic rings. The quantitative estimate of drug-likeness (QED) is 0.833. The number of carbonyl (C=O) groups excluding carboxylic acids is 2. The molecule has 0 aliphatic carbocycles. The van der Waals surface area contributed by atoms with Crippen LogP contribution in [0, 0.1) is 6.92 Å². The molecule has 0 atom stereocenters. The van der Waals surface area contributed by atoms with Gasteiger partial charge in [0.1, 0.15) is 40.8 Å². The Morgan fingerprint density at radius 3 is 2.50 bits per heavy atom. The van der Waals surface area contributed by atoms with Gasteiger partial charge in [-0.15, -0.1) is 0 Å². The first-order valence-corrected chi connectivity index (χ1v) is 6.29. The zero-order valence-electron chi connectivity index (χ0n) is 12.0. The lowest BCUT2D eigenvalue weighted by atomic mass is 10.2. The number of hydrogen-bond acceptors (Lipinski definition) is 7. The number of hydrogen-bond donors (Lipinski definition) is 2. The van der Waals surface area contributed by atoms with Crippen LogP contribution in [0.3, 0.4) is 0 Å². The lowest BCUT2D eigenvalue weighted by Crippen LogP contribution is -2.05. The summed E-state index contributed by atoms with van der Waals surface area (Å²) in [6.07, 6.45) is 0. The largest absolute Gasteiger partial charge is 0.508 e. The van der Waals surface area contributed by atoms with Crippen molar-refractivity contribution in [2.75, 3.05) is 7.11 Å². The average Bonchev–Trinajstić information content (AvgIpc) is 2.85. The van der Waals surface area contributed by atoms with E-state index in [2.05, 4.69) is 4.74 Å². The maximum absolute atomic E-state index is 11.8. The molecule has 0 aliphatic heterocycles. The molecule has 7 heteroatoms. The fourth-order valence-electron chi connectivity index (χ4n) is 1.83. The molecule has 0 spiro atoms.